The summed E-state index contributed by atoms with van der Waals surface area (Å²) in [5.74, 6) is 0.773. The first-order valence-electron chi connectivity index (χ1n) is 9.17. The van der Waals surface area contributed by atoms with E-state index in [0.717, 1.165) is 12.0 Å². The third-order valence-corrected chi connectivity index (χ3v) is 6.70. The standard InChI is InChI=1S/C19H30N2O3S/c1-4-5-14-25(23,24)21-12-10-20(11-13-21)15-19(22)18-8-6-17(7-9-18)16(2)3/h6-9,16H,4-5,10-15H2,1-3H3. The molecule has 0 amide bonds. The van der Waals surface area contributed by atoms with Crippen LogP contribution in [-0.4, -0.2) is 61.9 Å². The van der Waals surface area contributed by atoms with E-state index < -0.39 is 10.0 Å². The molecule has 5 nitrogen and oxygen atoms in total. The van der Waals surface area contributed by atoms with E-state index in [1.807, 2.05) is 36.1 Å². The highest BCUT2D eigenvalue weighted by atomic mass is 32.2. The fourth-order valence-electron chi connectivity index (χ4n) is 2.97. The molecule has 1 saturated heterocycles. The van der Waals surface area contributed by atoms with Crippen LogP contribution < -0.4 is 0 Å². The molecule has 0 bridgehead atoms. The molecule has 1 aliphatic rings. The molecule has 0 atom stereocenters. The summed E-state index contributed by atoms with van der Waals surface area (Å²) in [5, 5.41) is 0. The zero-order valence-corrected chi connectivity index (χ0v) is 16.4. The number of Topliss-reactive ketones (excluding diaryl/α,β-unsaturated/α-hetero) is 1. The average molecular weight is 367 g/mol. The van der Waals surface area contributed by atoms with Crippen LogP contribution in [0.3, 0.4) is 0 Å². The van der Waals surface area contributed by atoms with Crippen molar-refractivity contribution in [1.82, 2.24) is 9.21 Å². The van der Waals surface area contributed by atoms with Crippen LogP contribution in [0.4, 0.5) is 0 Å². The van der Waals surface area contributed by atoms with Crippen LogP contribution >= 0.6 is 0 Å². The molecule has 1 aromatic rings. The number of nitrogens with zero attached hydrogens (tertiary/aromatic N) is 2. The van der Waals surface area contributed by atoms with Gasteiger partial charge in [-0.2, -0.15) is 4.31 Å². The van der Waals surface area contributed by atoms with Gasteiger partial charge in [-0.3, -0.25) is 9.69 Å². The Labute approximate surface area is 152 Å². The van der Waals surface area contributed by atoms with Crippen molar-refractivity contribution >= 4 is 15.8 Å². The van der Waals surface area contributed by atoms with Crippen molar-refractivity contribution in [2.45, 2.75) is 39.5 Å². The molecule has 0 aromatic heterocycles. The Balaban J connectivity index is 1.86. The monoisotopic (exact) mass is 366 g/mol. The second-order valence-corrected chi connectivity index (χ2v) is 9.13. The second kappa shape index (κ2) is 8.92. The van der Waals surface area contributed by atoms with E-state index in [0.29, 0.717) is 45.1 Å². The molecule has 25 heavy (non-hydrogen) atoms. The molecule has 2 rings (SSSR count). The number of benzene rings is 1. The normalized spacial score (nSPS) is 17.1. The van der Waals surface area contributed by atoms with E-state index in [1.165, 1.54) is 5.56 Å². The second-order valence-electron chi connectivity index (χ2n) is 7.04. The van der Waals surface area contributed by atoms with Crippen molar-refractivity contribution < 1.29 is 13.2 Å². The summed E-state index contributed by atoms with van der Waals surface area (Å²) >= 11 is 0. The number of ketones is 1. The lowest BCUT2D eigenvalue weighted by Gasteiger charge is -2.33. The Bertz CT molecular complexity index is 660. The highest BCUT2D eigenvalue weighted by molar-refractivity contribution is 7.89. The van der Waals surface area contributed by atoms with E-state index in [1.54, 1.807) is 4.31 Å². The summed E-state index contributed by atoms with van der Waals surface area (Å²) in [7, 11) is -3.14. The fraction of sp³-hybridized carbons (Fsp3) is 0.632. The van der Waals surface area contributed by atoms with Crippen molar-refractivity contribution in [1.29, 1.82) is 0 Å². The maximum Gasteiger partial charge on any atom is 0.214 e. The van der Waals surface area contributed by atoms with Gasteiger partial charge in [-0.15, -0.1) is 0 Å². The van der Waals surface area contributed by atoms with E-state index in [9.17, 15) is 13.2 Å². The van der Waals surface area contributed by atoms with Crippen LogP contribution in [0, 0.1) is 0 Å². The van der Waals surface area contributed by atoms with Crippen LogP contribution in [0.25, 0.3) is 0 Å². The summed E-state index contributed by atoms with van der Waals surface area (Å²) in [4.78, 5) is 14.5. The minimum absolute atomic E-state index is 0.0950. The molecule has 140 valence electrons. The zero-order valence-electron chi connectivity index (χ0n) is 15.6. The maximum absolute atomic E-state index is 12.4. The number of rotatable bonds is 8. The Kier molecular flexibility index (Phi) is 7.16. The van der Waals surface area contributed by atoms with Crippen LogP contribution in [0.5, 0.6) is 0 Å². The van der Waals surface area contributed by atoms with Gasteiger partial charge in [0.1, 0.15) is 0 Å². The molecule has 0 radical (unpaired) electrons. The van der Waals surface area contributed by atoms with Gasteiger partial charge in [0.2, 0.25) is 10.0 Å². The van der Waals surface area contributed by atoms with Gasteiger partial charge in [-0.1, -0.05) is 51.5 Å². The third-order valence-electron chi connectivity index (χ3n) is 4.75. The first kappa shape index (κ1) is 20.1. The van der Waals surface area contributed by atoms with E-state index in [4.69, 9.17) is 0 Å². The maximum atomic E-state index is 12.4. The summed E-state index contributed by atoms with van der Waals surface area (Å²) in [6, 6.07) is 7.80. The summed E-state index contributed by atoms with van der Waals surface area (Å²) < 4.78 is 26.0. The van der Waals surface area contributed by atoms with Gasteiger partial charge < -0.3 is 0 Å². The van der Waals surface area contributed by atoms with Gasteiger partial charge in [0.15, 0.2) is 5.78 Å². The van der Waals surface area contributed by atoms with Crippen LogP contribution in [-0.2, 0) is 10.0 Å². The van der Waals surface area contributed by atoms with Crippen LogP contribution in [0.2, 0.25) is 0 Å². The SMILES string of the molecule is CCCCS(=O)(=O)N1CCN(CC(=O)c2ccc(C(C)C)cc2)CC1. The summed E-state index contributed by atoms with van der Waals surface area (Å²) in [6.07, 6.45) is 1.58. The quantitative estimate of drug-likeness (QED) is 0.664. The van der Waals surface area contributed by atoms with Crippen molar-refractivity contribution in [3.8, 4) is 0 Å². The molecule has 1 fully saturated rings. The molecule has 0 saturated carbocycles. The highest BCUT2D eigenvalue weighted by Crippen LogP contribution is 2.16. The number of piperazine rings is 1. The third kappa shape index (κ3) is 5.62. The number of carbonyl (C=O) groups excluding carboxylic acids is 1. The van der Waals surface area contributed by atoms with Crippen molar-refractivity contribution in [2.75, 3.05) is 38.5 Å². The lowest BCUT2D eigenvalue weighted by atomic mass is 10.0. The molecule has 6 heteroatoms. The minimum atomic E-state index is -3.14. The largest absolute Gasteiger partial charge is 0.293 e. The molecule has 1 heterocycles. The zero-order chi connectivity index (χ0) is 18.4. The average Bonchev–Trinajstić information content (AvgIpc) is 2.60. The van der Waals surface area contributed by atoms with Gasteiger partial charge in [-0.25, -0.2) is 8.42 Å². The molecule has 0 spiro atoms. The molecule has 1 aliphatic heterocycles. The van der Waals surface area contributed by atoms with Crippen molar-refractivity contribution in [3.05, 3.63) is 35.4 Å². The van der Waals surface area contributed by atoms with Crippen LogP contribution in [0.1, 0.15) is 55.5 Å². The van der Waals surface area contributed by atoms with Gasteiger partial charge in [-0.05, 0) is 17.9 Å². The lowest BCUT2D eigenvalue weighted by molar-refractivity contribution is 0.0901. The summed E-state index contributed by atoms with van der Waals surface area (Å²) in [5.41, 5.74) is 1.95. The number of carbonyl (C=O) groups is 1. The molecule has 0 unspecified atom stereocenters. The van der Waals surface area contributed by atoms with E-state index in [2.05, 4.69) is 13.8 Å². The first-order chi connectivity index (χ1) is 11.8. The van der Waals surface area contributed by atoms with E-state index >= 15 is 0 Å². The van der Waals surface area contributed by atoms with Gasteiger partial charge in [0.25, 0.3) is 0 Å². The molecular formula is C19H30N2O3S. The topological polar surface area (TPSA) is 57.7 Å². The Morgan fingerprint density at radius 1 is 1.08 bits per heavy atom. The Morgan fingerprint density at radius 3 is 2.20 bits per heavy atom. The predicted octanol–water partition coefficient (Wildman–Crippen LogP) is 2.74. The number of hydrogen-bond donors (Lipinski definition) is 0. The summed E-state index contributed by atoms with van der Waals surface area (Å²) in [6.45, 7) is 8.78. The first-order valence-corrected chi connectivity index (χ1v) is 10.8. The predicted molar refractivity (Wildman–Crippen MR) is 102 cm³/mol. The molecule has 1 aromatic carbocycles. The Morgan fingerprint density at radius 2 is 1.68 bits per heavy atom. The Hall–Kier alpha value is -1.24. The van der Waals surface area contributed by atoms with Gasteiger partial charge in [0.05, 0.1) is 12.3 Å². The van der Waals surface area contributed by atoms with Gasteiger partial charge in [0, 0.05) is 31.7 Å². The van der Waals surface area contributed by atoms with Crippen LogP contribution in [0.15, 0.2) is 24.3 Å². The lowest BCUT2D eigenvalue weighted by Crippen LogP contribution is -2.50. The fourth-order valence-corrected chi connectivity index (χ4v) is 4.60. The minimum Gasteiger partial charge on any atom is -0.293 e. The highest BCUT2D eigenvalue weighted by Gasteiger charge is 2.27. The number of sulfonamides is 1. The number of hydrogen-bond acceptors (Lipinski definition) is 4. The van der Waals surface area contributed by atoms with Crippen molar-refractivity contribution in [3.63, 3.8) is 0 Å². The van der Waals surface area contributed by atoms with Crippen molar-refractivity contribution in [2.24, 2.45) is 0 Å². The molecular weight excluding hydrogens is 336 g/mol. The smallest absolute Gasteiger partial charge is 0.214 e. The molecule has 0 aliphatic carbocycles. The molecule has 0 N–H and O–H groups in total. The number of unbranched alkanes of at least 4 members (excludes halogenated alkanes) is 1. The van der Waals surface area contributed by atoms with E-state index in [-0.39, 0.29) is 11.5 Å². The van der Waals surface area contributed by atoms with Gasteiger partial charge >= 0.3 is 0 Å².